The van der Waals surface area contributed by atoms with Crippen molar-refractivity contribution in [2.45, 2.75) is 18.9 Å². The molecule has 0 saturated carbocycles. The van der Waals surface area contributed by atoms with Crippen molar-refractivity contribution in [3.8, 4) is 17.3 Å². The molecule has 154 valence electrons. The number of nitrogens with zero attached hydrogens (tertiary/aromatic N) is 3. The number of likely N-dealkylation sites (tertiary alicyclic amines) is 1. The van der Waals surface area contributed by atoms with Crippen LogP contribution in [-0.4, -0.2) is 40.8 Å². The summed E-state index contributed by atoms with van der Waals surface area (Å²) in [7, 11) is 0. The van der Waals surface area contributed by atoms with E-state index in [0.717, 1.165) is 18.4 Å². The lowest BCUT2D eigenvalue weighted by molar-refractivity contribution is 0.0698. The summed E-state index contributed by atoms with van der Waals surface area (Å²) in [6.07, 6.45) is 3.10. The molecule has 0 radical (unpaired) electrons. The Morgan fingerprint density at radius 3 is 2.32 bits per heavy atom. The lowest BCUT2D eigenvalue weighted by Gasteiger charge is -2.32. The standard InChI is InChI=1S/C25H22N4O2/c26-17-21-7-4-14-27-23(21)18-8-10-20(11-9-18)25(31)29-15-12-22(13-16-29)28-24(30)19-5-2-1-3-6-19/h1-11,14,22H,12-13,15-16H2,(H,28,30). The number of carbonyl (C=O) groups excluding carboxylic acids is 2. The van der Waals surface area contributed by atoms with Gasteiger partial charge < -0.3 is 10.2 Å². The highest BCUT2D eigenvalue weighted by molar-refractivity contribution is 5.95. The van der Waals surface area contributed by atoms with Crippen LogP contribution in [0.1, 0.15) is 39.1 Å². The highest BCUT2D eigenvalue weighted by atomic mass is 16.2. The first-order valence-electron chi connectivity index (χ1n) is 10.3. The first-order valence-corrected chi connectivity index (χ1v) is 10.3. The minimum Gasteiger partial charge on any atom is -0.349 e. The van der Waals surface area contributed by atoms with Gasteiger partial charge in [-0.2, -0.15) is 5.26 Å². The van der Waals surface area contributed by atoms with Gasteiger partial charge in [-0.25, -0.2) is 0 Å². The van der Waals surface area contributed by atoms with Crippen molar-refractivity contribution in [3.05, 3.63) is 89.6 Å². The van der Waals surface area contributed by atoms with Crippen LogP contribution in [0, 0.1) is 11.3 Å². The number of benzene rings is 2. The molecule has 1 fully saturated rings. The number of aromatic nitrogens is 1. The average molecular weight is 410 g/mol. The fourth-order valence-corrected chi connectivity index (χ4v) is 3.76. The molecule has 6 heteroatoms. The van der Waals surface area contributed by atoms with Gasteiger partial charge in [0.25, 0.3) is 11.8 Å². The SMILES string of the molecule is N#Cc1cccnc1-c1ccc(C(=O)N2CCC(NC(=O)c3ccccc3)CC2)cc1. The molecule has 1 saturated heterocycles. The maximum atomic E-state index is 12.9. The Kier molecular flexibility index (Phi) is 6.04. The van der Waals surface area contributed by atoms with Crippen LogP contribution in [0.15, 0.2) is 72.9 Å². The van der Waals surface area contributed by atoms with Crippen LogP contribution in [0.2, 0.25) is 0 Å². The zero-order valence-corrected chi connectivity index (χ0v) is 17.0. The minimum atomic E-state index is -0.0766. The largest absolute Gasteiger partial charge is 0.349 e. The summed E-state index contributed by atoms with van der Waals surface area (Å²) in [6, 6.07) is 22.0. The Labute approximate surface area is 181 Å². The molecular weight excluding hydrogens is 388 g/mol. The van der Waals surface area contributed by atoms with Crippen molar-refractivity contribution in [2.75, 3.05) is 13.1 Å². The van der Waals surface area contributed by atoms with E-state index >= 15 is 0 Å². The smallest absolute Gasteiger partial charge is 0.253 e. The summed E-state index contributed by atoms with van der Waals surface area (Å²) >= 11 is 0. The summed E-state index contributed by atoms with van der Waals surface area (Å²) in [5.74, 6) is -0.104. The van der Waals surface area contributed by atoms with Gasteiger partial charge in [0.2, 0.25) is 0 Å². The Bertz CT molecular complexity index is 1110. The van der Waals surface area contributed by atoms with Gasteiger partial charge in [-0.3, -0.25) is 14.6 Å². The fraction of sp³-hybridized carbons (Fsp3) is 0.200. The van der Waals surface area contributed by atoms with Crippen LogP contribution in [0.5, 0.6) is 0 Å². The number of carbonyl (C=O) groups is 2. The number of nitriles is 1. The summed E-state index contributed by atoms with van der Waals surface area (Å²) in [6.45, 7) is 1.19. The van der Waals surface area contributed by atoms with Gasteiger partial charge in [0.1, 0.15) is 6.07 Å². The number of hydrogen-bond donors (Lipinski definition) is 1. The molecule has 1 aromatic heterocycles. The molecule has 1 aliphatic rings. The van der Waals surface area contributed by atoms with E-state index in [1.807, 2.05) is 35.2 Å². The predicted octanol–water partition coefficient (Wildman–Crippen LogP) is 3.65. The second-order valence-corrected chi connectivity index (χ2v) is 7.49. The van der Waals surface area contributed by atoms with Crippen molar-refractivity contribution in [1.82, 2.24) is 15.2 Å². The second kappa shape index (κ2) is 9.23. The van der Waals surface area contributed by atoms with Crippen molar-refractivity contribution < 1.29 is 9.59 Å². The monoisotopic (exact) mass is 410 g/mol. The van der Waals surface area contributed by atoms with Crippen molar-refractivity contribution >= 4 is 11.8 Å². The lowest BCUT2D eigenvalue weighted by atomic mass is 10.0. The molecule has 31 heavy (non-hydrogen) atoms. The molecule has 0 atom stereocenters. The molecule has 1 N–H and O–H groups in total. The molecule has 2 aromatic carbocycles. The average Bonchev–Trinajstić information content (AvgIpc) is 2.84. The predicted molar refractivity (Wildman–Crippen MR) is 117 cm³/mol. The van der Waals surface area contributed by atoms with Crippen LogP contribution in [0.4, 0.5) is 0 Å². The van der Waals surface area contributed by atoms with Gasteiger partial charge in [-0.15, -0.1) is 0 Å². The van der Waals surface area contributed by atoms with Gasteiger partial charge in [0.05, 0.1) is 11.3 Å². The zero-order valence-electron chi connectivity index (χ0n) is 17.0. The molecule has 0 bridgehead atoms. The number of piperidine rings is 1. The molecule has 4 rings (SSSR count). The molecule has 3 aromatic rings. The third kappa shape index (κ3) is 4.62. The number of amides is 2. The van der Waals surface area contributed by atoms with Crippen LogP contribution in [-0.2, 0) is 0 Å². The van der Waals surface area contributed by atoms with E-state index in [2.05, 4.69) is 16.4 Å². The fourth-order valence-electron chi connectivity index (χ4n) is 3.76. The number of pyridine rings is 1. The van der Waals surface area contributed by atoms with Crippen LogP contribution in [0.25, 0.3) is 11.3 Å². The van der Waals surface area contributed by atoms with Gasteiger partial charge in [-0.05, 0) is 49.2 Å². The van der Waals surface area contributed by atoms with E-state index in [9.17, 15) is 14.9 Å². The van der Waals surface area contributed by atoms with E-state index in [1.165, 1.54) is 0 Å². The number of hydrogen-bond acceptors (Lipinski definition) is 4. The van der Waals surface area contributed by atoms with Gasteiger partial charge in [-0.1, -0.05) is 30.3 Å². The normalized spacial score (nSPS) is 14.0. The topological polar surface area (TPSA) is 86.1 Å². The number of nitrogens with one attached hydrogen (secondary N) is 1. The highest BCUT2D eigenvalue weighted by Gasteiger charge is 2.25. The molecule has 0 aliphatic carbocycles. The zero-order chi connectivity index (χ0) is 21.6. The van der Waals surface area contributed by atoms with E-state index in [1.54, 1.807) is 42.6 Å². The first-order chi connectivity index (χ1) is 15.2. The molecular formula is C25H22N4O2. The summed E-state index contributed by atoms with van der Waals surface area (Å²) in [5.41, 5.74) is 3.16. The lowest BCUT2D eigenvalue weighted by Crippen LogP contribution is -2.46. The van der Waals surface area contributed by atoms with E-state index < -0.39 is 0 Å². The van der Waals surface area contributed by atoms with Crippen molar-refractivity contribution in [3.63, 3.8) is 0 Å². The maximum Gasteiger partial charge on any atom is 0.253 e. The first kappa shape index (κ1) is 20.3. The molecule has 6 nitrogen and oxygen atoms in total. The Hall–Kier alpha value is -3.98. The number of rotatable bonds is 4. The van der Waals surface area contributed by atoms with Crippen LogP contribution < -0.4 is 5.32 Å². The quantitative estimate of drug-likeness (QED) is 0.711. The summed E-state index contributed by atoms with van der Waals surface area (Å²) in [5, 5.41) is 12.3. The molecule has 2 amide bonds. The van der Waals surface area contributed by atoms with E-state index in [0.29, 0.717) is 35.5 Å². The van der Waals surface area contributed by atoms with Crippen molar-refractivity contribution in [2.24, 2.45) is 0 Å². The molecule has 2 heterocycles. The van der Waals surface area contributed by atoms with Crippen molar-refractivity contribution in [1.29, 1.82) is 5.26 Å². The van der Waals surface area contributed by atoms with Gasteiger partial charge in [0, 0.05) is 42.0 Å². The third-order valence-electron chi connectivity index (χ3n) is 5.49. The second-order valence-electron chi connectivity index (χ2n) is 7.49. The molecule has 0 unspecified atom stereocenters. The van der Waals surface area contributed by atoms with Crippen LogP contribution >= 0.6 is 0 Å². The van der Waals surface area contributed by atoms with Gasteiger partial charge >= 0.3 is 0 Å². The highest BCUT2D eigenvalue weighted by Crippen LogP contribution is 2.22. The Morgan fingerprint density at radius 2 is 1.65 bits per heavy atom. The third-order valence-corrected chi connectivity index (χ3v) is 5.49. The van der Waals surface area contributed by atoms with E-state index in [-0.39, 0.29) is 17.9 Å². The van der Waals surface area contributed by atoms with E-state index in [4.69, 9.17) is 0 Å². The Morgan fingerprint density at radius 1 is 0.935 bits per heavy atom. The molecule has 1 aliphatic heterocycles. The summed E-state index contributed by atoms with van der Waals surface area (Å²) < 4.78 is 0. The maximum absolute atomic E-state index is 12.9. The minimum absolute atomic E-state index is 0.0269. The molecule has 0 spiro atoms. The van der Waals surface area contributed by atoms with Crippen LogP contribution in [0.3, 0.4) is 0 Å². The van der Waals surface area contributed by atoms with Gasteiger partial charge in [0.15, 0.2) is 0 Å². The summed E-state index contributed by atoms with van der Waals surface area (Å²) in [4.78, 5) is 31.3. The Balaban J connectivity index is 1.35.